The van der Waals surface area contributed by atoms with Crippen LogP contribution in [-0.4, -0.2) is 43.1 Å². The van der Waals surface area contributed by atoms with Crippen LogP contribution in [0.3, 0.4) is 0 Å². The highest BCUT2D eigenvalue weighted by Gasteiger charge is 2.11. The molecular weight excluding hydrogens is 306 g/mol. The lowest BCUT2D eigenvalue weighted by Crippen LogP contribution is -2.33. The number of carbonyl (C=O) groups is 1. The van der Waals surface area contributed by atoms with Crippen LogP contribution in [0, 0.1) is 13.8 Å². The molecule has 0 saturated carbocycles. The zero-order valence-electron chi connectivity index (χ0n) is 14.8. The van der Waals surface area contributed by atoms with Crippen LogP contribution in [0.2, 0.25) is 0 Å². The van der Waals surface area contributed by atoms with Gasteiger partial charge in [0.15, 0.2) is 0 Å². The van der Waals surface area contributed by atoms with Crippen molar-refractivity contribution in [2.24, 2.45) is 0 Å². The molecule has 1 aromatic heterocycles. The zero-order valence-corrected chi connectivity index (χ0v) is 14.8. The van der Waals surface area contributed by atoms with Crippen molar-refractivity contribution in [3.8, 4) is 5.75 Å². The van der Waals surface area contributed by atoms with E-state index in [-0.39, 0.29) is 5.91 Å². The number of nitrogens with zero attached hydrogens (tertiary/aromatic N) is 2. The summed E-state index contributed by atoms with van der Waals surface area (Å²) in [7, 11) is 3.69. The number of nitrogens with one attached hydrogen (secondary N) is 1. The standard InChI is InChI=1S/C18H25N3O3/c1-13-17(14(2)24-20-13)12-23-16-7-5-15(6-8-16)11-18(22)21(4)10-9-19-3/h5-8,19H,9-12H2,1-4H3. The number of benzene rings is 1. The monoisotopic (exact) mass is 331 g/mol. The van der Waals surface area contributed by atoms with Gasteiger partial charge in [0.1, 0.15) is 18.1 Å². The molecule has 1 amide bonds. The topological polar surface area (TPSA) is 67.6 Å². The van der Waals surface area contributed by atoms with E-state index in [0.29, 0.717) is 19.6 Å². The molecule has 2 rings (SSSR count). The van der Waals surface area contributed by atoms with Gasteiger partial charge in [-0.1, -0.05) is 17.3 Å². The summed E-state index contributed by atoms with van der Waals surface area (Å²) >= 11 is 0. The predicted octanol–water partition coefficient (Wildman–Crippen LogP) is 2.09. The number of aryl methyl sites for hydroxylation is 2. The van der Waals surface area contributed by atoms with Crippen LogP contribution in [0.5, 0.6) is 5.75 Å². The van der Waals surface area contributed by atoms with Gasteiger partial charge in [-0.2, -0.15) is 0 Å². The maximum Gasteiger partial charge on any atom is 0.226 e. The van der Waals surface area contributed by atoms with Crippen molar-refractivity contribution >= 4 is 5.91 Å². The number of likely N-dealkylation sites (N-methyl/N-ethyl adjacent to an activating group) is 2. The van der Waals surface area contributed by atoms with Gasteiger partial charge in [-0.25, -0.2) is 0 Å². The van der Waals surface area contributed by atoms with Gasteiger partial charge in [0, 0.05) is 20.1 Å². The first-order valence-corrected chi connectivity index (χ1v) is 8.03. The molecule has 2 aromatic rings. The zero-order chi connectivity index (χ0) is 17.5. The lowest BCUT2D eigenvalue weighted by Gasteiger charge is -2.17. The number of ether oxygens (including phenoxy) is 1. The van der Waals surface area contributed by atoms with E-state index in [1.54, 1.807) is 4.90 Å². The third-order valence-electron chi connectivity index (χ3n) is 3.97. The van der Waals surface area contributed by atoms with E-state index < -0.39 is 0 Å². The summed E-state index contributed by atoms with van der Waals surface area (Å²) in [5.41, 5.74) is 2.79. The molecule has 0 aliphatic rings. The van der Waals surface area contributed by atoms with Gasteiger partial charge in [-0.3, -0.25) is 4.79 Å². The van der Waals surface area contributed by atoms with E-state index in [2.05, 4.69) is 10.5 Å². The average molecular weight is 331 g/mol. The summed E-state index contributed by atoms with van der Waals surface area (Å²) in [6.45, 7) is 5.68. The molecule has 130 valence electrons. The van der Waals surface area contributed by atoms with Crippen LogP contribution in [0.25, 0.3) is 0 Å². The number of hydrogen-bond donors (Lipinski definition) is 1. The Hall–Kier alpha value is -2.34. The Balaban J connectivity index is 1.87. The third-order valence-corrected chi connectivity index (χ3v) is 3.97. The Morgan fingerprint density at radius 1 is 1.29 bits per heavy atom. The SMILES string of the molecule is CNCCN(C)C(=O)Cc1ccc(OCc2c(C)noc2C)cc1. The molecule has 0 fully saturated rings. The second-order valence-corrected chi connectivity index (χ2v) is 5.83. The summed E-state index contributed by atoms with van der Waals surface area (Å²) in [6, 6.07) is 7.61. The van der Waals surface area contributed by atoms with E-state index in [4.69, 9.17) is 9.26 Å². The molecule has 1 aromatic carbocycles. The van der Waals surface area contributed by atoms with Gasteiger partial charge < -0.3 is 19.5 Å². The molecule has 0 aliphatic carbocycles. The average Bonchev–Trinajstić information content (AvgIpc) is 2.90. The Morgan fingerprint density at radius 2 is 2.00 bits per heavy atom. The van der Waals surface area contributed by atoms with Crippen molar-refractivity contribution in [3.05, 3.63) is 46.8 Å². The summed E-state index contributed by atoms with van der Waals surface area (Å²) in [5.74, 6) is 1.64. The number of hydrogen-bond acceptors (Lipinski definition) is 5. The highest BCUT2D eigenvalue weighted by molar-refractivity contribution is 5.78. The van der Waals surface area contributed by atoms with Crippen LogP contribution in [-0.2, 0) is 17.8 Å². The number of carbonyl (C=O) groups excluding carboxylic acids is 1. The first-order chi connectivity index (χ1) is 11.5. The van der Waals surface area contributed by atoms with Crippen LogP contribution in [0.4, 0.5) is 0 Å². The minimum absolute atomic E-state index is 0.106. The summed E-state index contributed by atoms with van der Waals surface area (Å²) in [5, 5.41) is 6.95. The van der Waals surface area contributed by atoms with Gasteiger partial charge in [-0.15, -0.1) is 0 Å². The van der Waals surface area contributed by atoms with Crippen LogP contribution in [0.1, 0.15) is 22.6 Å². The molecule has 0 saturated heterocycles. The van der Waals surface area contributed by atoms with Crippen molar-refractivity contribution in [2.75, 3.05) is 27.2 Å². The lowest BCUT2D eigenvalue weighted by atomic mass is 10.1. The third kappa shape index (κ3) is 4.83. The first-order valence-electron chi connectivity index (χ1n) is 8.03. The Labute approximate surface area is 142 Å². The highest BCUT2D eigenvalue weighted by atomic mass is 16.5. The van der Waals surface area contributed by atoms with E-state index in [1.807, 2.05) is 52.2 Å². The highest BCUT2D eigenvalue weighted by Crippen LogP contribution is 2.18. The minimum atomic E-state index is 0.106. The molecule has 1 heterocycles. The quantitative estimate of drug-likeness (QED) is 0.802. The van der Waals surface area contributed by atoms with Crippen molar-refractivity contribution in [3.63, 3.8) is 0 Å². The summed E-state index contributed by atoms with van der Waals surface area (Å²) in [4.78, 5) is 13.8. The molecule has 0 unspecified atom stereocenters. The largest absolute Gasteiger partial charge is 0.489 e. The van der Waals surface area contributed by atoms with Gasteiger partial charge in [0.25, 0.3) is 0 Å². The number of amides is 1. The van der Waals surface area contributed by atoms with E-state index in [9.17, 15) is 4.79 Å². The Bertz CT molecular complexity index is 645. The fourth-order valence-corrected chi connectivity index (χ4v) is 2.28. The number of aromatic nitrogens is 1. The summed E-state index contributed by atoms with van der Waals surface area (Å²) < 4.78 is 10.9. The van der Waals surface area contributed by atoms with Crippen molar-refractivity contribution in [2.45, 2.75) is 26.9 Å². The Morgan fingerprint density at radius 3 is 2.58 bits per heavy atom. The van der Waals surface area contributed by atoms with Crippen LogP contribution in [0.15, 0.2) is 28.8 Å². The summed E-state index contributed by atoms with van der Waals surface area (Å²) in [6.07, 6.45) is 0.393. The second-order valence-electron chi connectivity index (χ2n) is 5.83. The molecule has 0 bridgehead atoms. The van der Waals surface area contributed by atoms with E-state index in [1.165, 1.54) is 0 Å². The molecular formula is C18H25N3O3. The van der Waals surface area contributed by atoms with Gasteiger partial charge in [0.2, 0.25) is 5.91 Å². The Kier molecular flexibility index (Phi) is 6.37. The molecule has 0 aliphatic heterocycles. The maximum absolute atomic E-state index is 12.1. The maximum atomic E-state index is 12.1. The van der Waals surface area contributed by atoms with Crippen LogP contribution < -0.4 is 10.1 Å². The molecule has 6 nitrogen and oxygen atoms in total. The second kappa shape index (κ2) is 8.49. The van der Waals surface area contributed by atoms with Crippen molar-refractivity contribution in [1.82, 2.24) is 15.4 Å². The van der Waals surface area contributed by atoms with Crippen molar-refractivity contribution < 1.29 is 14.1 Å². The normalized spacial score (nSPS) is 10.7. The number of rotatable bonds is 8. The molecule has 6 heteroatoms. The molecule has 1 N–H and O–H groups in total. The molecule has 0 spiro atoms. The van der Waals surface area contributed by atoms with Gasteiger partial charge in [-0.05, 0) is 38.6 Å². The van der Waals surface area contributed by atoms with Crippen molar-refractivity contribution in [1.29, 1.82) is 0 Å². The molecule has 24 heavy (non-hydrogen) atoms. The lowest BCUT2D eigenvalue weighted by molar-refractivity contribution is -0.129. The van der Waals surface area contributed by atoms with Gasteiger partial charge >= 0.3 is 0 Å². The first kappa shape index (κ1) is 18.0. The molecule has 0 atom stereocenters. The van der Waals surface area contributed by atoms with E-state index in [0.717, 1.165) is 34.9 Å². The van der Waals surface area contributed by atoms with Gasteiger partial charge in [0.05, 0.1) is 17.7 Å². The fraction of sp³-hybridized carbons (Fsp3) is 0.444. The fourth-order valence-electron chi connectivity index (χ4n) is 2.28. The smallest absolute Gasteiger partial charge is 0.226 e. The van der Waals surface area contributed by atoms with Crippen LogP contribution >= 0.6 is 0 Å². The minimum Gasteiger partial charge on any atom is -0.489 e. The van der Waals surface area contributed by atoms with E-state index >= 15 is 0 Å². The predicted molar refractivity (Wildman–Crippen MR) is 92.0 cm³/mol. The molecule has 0 radical (unpaired) electrons.